The van der Waals surface area contributed by atoms with Crippen molar-refractivity contribution in [3.8, 4) is 0 Å². The number of hydrogen-bond donors (Lipinski definition) is 0. The second-order valence-electron chi connectivity index (χ2n) is 3.58. The third-order valence-electron chi connectivity index (χ3n) is 2.18. The third kappa shape index (κ3) is 3.87. The van der Waals surface area contributed by atoms with E-state index in [2.05, 4.69) is 26.3 Å². The lowest BCUT2D eigenvalue weighted by Crippen LogP contribution is -2.16. The summed E-state index contributed by atoms with van der Waals surface area (Å²) in [5.41, 5.74) is -1.25. The van der Waals surface area contributed by atoms with Gasteiger partial charge in [-0.05, 0) is 13.0 Å². The van der Waals surface area contributed by atoms with Crippen molar-refractivity contribution in [2.24, 2.45) is 4.99 Å². The normalized spacial score (nSPS) is 13.8. The van der Waals surface area contributed by atoms with Crippen LogP contribution in [-0.2, 0) is 4.74 Å². The molecule has 0 spiro atoms. The standard InChI is InChI=1S/C12H11F4N3O/c1-7(13)10(12(14,15)16)11(20-3)19-8(2)9-4-5-17-6-18-9/h4-6H,1H2,2-3H3/b11-10-,19-8?. The topological polar surface area (TPSA) is 47.4 Å². The van der Waals surface area contributed by atoms with E-state index in [1.807, 2.05) is 0 Å². The van der Waals surface area contributed by atoms with Gasteiger partial charge >= 0.3 is 6.18 Å². The van der Waals surface area contributed by atoms with Crippen molar-refractivity contribution >= 4 is 5.71 Å². The van der Waals surface area contributed by atoms with Crippen LogP contribution in [0.15, 0.2) is 47.4 Å². The van der Waals surface area contributed by atoms with Crippen molar-refractivity contribution in [2.75, 3.05) is 7.11 Å². The molecule has 0 fully saturated rings. The van der Waals surface area contributed by atoms with Gasteiger partial charge in [0.2, 0.25) is 5.88 Å². The molecule has 108 valence electrons. The molecule has 0 atom stereocenters. The Morgan fingerprint density at radius 3 is 2.45 bits per heavy atom. The van der Waals surface area contributed by atoms with Gasteiger partial charge in [0, 0.05) is 6.20 Å². The molecular weight excluding hydrogens is 278 g/mol. The second kappa shape index (κ2) is 6.27. The van der Waals surface area contributed by atoms with Crippen LogP contribution in [0.5, 0.6) is 0 Å². The lowest BCUT2D eigenvalue weighted by Gasteiger charge is -2.12. The van der Waals surface area contributed by atoms with Crippen LogP contribution in [0.1, 0.15) is 12.6 Å². The largest absolute Gasteiger partial charge is 0.480 e. The number of halogens is 4. The maximum atomic E-state index is 13.0. The molecule has 20 heavy (non-hydrogen) atoms. The van der Waals surface area contributed by atoms with Gasteiger partial charge < -0.3 is 4.74 Å². The minimum absolute atomic E-state index is 0.118. The number of methoxy groups -OCH3 is 1. The molecule has 4 nitrogen and oxygen atoms in total. The van der Waals surface area contributed by atoms with Gasteiger partial charge in [-0.15, -0.1) is 0 Å². The summed E-state index contributed by atoms with van der Waals surface area (Å²) in [5.74, 6) is -2.59. The first-order valence-corrected chi connectivity index (χ1v) is 5.29. The van der Waals surface area contributed by atoms with E-state index in [1.165, 1.54) is 25.5 Å². The molecule has 0 saturated heterocycles. The lowest BCUT2D eigenvalue weighted by atomic mass is 10.2. The first kappa shape index (κ1) is 15.8. The maximum Gasteiger partial charge on any atom is 0.424 e. The minimum Gasteiger partial charge on any atom is -0.480 e. The Morgan fingerprint density at radius 1 is 1.40 bits per heavy atom. The summed E-state index contributed by atoms with van der Waals surface area (Å²) in [6.45, 7) is 4.06. The number of rotatable bonds is 4. The van der Waals surface area contributed by atoms with Gasteiger partial charge in [-0.1, -0.05) is 6.58 Å². The fourth-order valence-electron chi connectivity index (χ4n) is 1.31. The fraction of sp³-hybridized carbons (Fsp3) is 0.250. The number of ether oxygens (including phenoxy) is 1. The molecule has 0 bridgehead atoms. The number of nitrogens with zero attached hydrogens (tertiary/aromatic N) is 3. The van der Waals surface area contributed by atoms with Crippen LogP contribution < -0.4 is 0 Å². The van der Waals surface area contributed by atoms with Crippen molar-refractivity contribution in [3.05, 3.63) is 48.1 Å². The molecule has 0 aliphatic carbocycles. The average Bonchev–Trinajstić information content (AvgIpc) is 2.36. The van der Waals surface area contributed by atoms with Crippen LogP contribution >= 0.6 is 0 Å². The van der Waals surface area contributed by atoms with Crippen LogP contribution in [0.25, 0.3) is 0 Å². The number of hydrogen-bond acceptors (Lipinski definition) is 4. The number of alkyl halides is 3. The smallest absolute Gasteiger partial charge is 0.424 e. The van der Waals surface area contributed by atoms with Crippen LogP contribution in [0.3, 0.4) is 0 Å². The quantitative estimate of drug-likeness (QED) is 0.370. The average molecular weight is 289 g/mol. The highest BCUT2D eigenvalue weighted by atomic mass is 19.4. The van der Waals surface area contributed by atoms with E-state index in [4.69, 9.17) is 0 Å². The molecule has 0 amide bonds. The molecular formula is C12H11F4N3O. The van der Waals surface area contributed by atoms with Crippen LogP contribution in [-0.4, -0.2) is 29.0 Å². The van der Waals surface area contributed by atoms with Crippen molar-refractivity contribution in [1.29, 1.82) is 0 Å². The summed E-state index contributed by atoms with van der Waals surface area (Å²) in [6.07, 6.45) is -2.35. The molecule has 0 radical (unpaired) electrons. The van der Waals surface area contributed by atoms with Crippen molar-refractivity contribution in [1.82, 2.24) is 9.97 Å². The van der Waals surface area contributed by atoms with Gasteiger partial charge in [0.05, 0.1) is 18.5 Å². The predicted octanol–water partition coefficient (Wildman–Crippen LogP) is 3.19. The molecule has 1 rings (SSSR count). The van der Waals surface area contributed by atoms with E-state index in [-0.39, 0.29) is 5.71 Å². The Labute approximate surface area is 112 Å². The monoisotopic (exact) mass is 289 g/mol. The van der Waals surface area contributed by atoms with E-state index in [9.17, 15) is 17.6 Å². The van der Waals surface area contributed by atoms with Crippen molar-refractivity contribution in [2.45, 2.75) is 13.1 Å². The third-order valence-corrected chi connectivity index (χ3v) is 2.18. The Balaban J connectivity index is 3.35. The second-order valence-corrected chi connectivity index (χ2v) is 3.58. The summed E-state index contributed by atoms with van der Waals surface area (Å²) in [7, 11) is 0.959. The Morgan fingerprint density at radius 2 is 2.05 bits per heavy atom. The van der Waals surface area contributed by atoms with Crippen LogP contribution in [0.4, 0.5) is 17.6 Å². The molecule has 1 heterocycles. The first-order valence-electron chi connectivity index (χ1n) is 5.29. The highest BCUT2D eigenvalue weighted by Gasteiger charge is 2.40. The summed E-state index contributed by atoms with van der Waals surface area (Å²) in [6, 6.07) is 1.45. The molecule has 0 aliphatic heterocycles. The molecule has 0 N–H and O–H groups in total. The van der Waals surface area contributed by atoms with E-state index >= 15 is 0 Å². The van der Waals surface area contributed by atoms with Gasteiger partial charge in [-0.2, -0.15) is 13.2 Å². The summed E-state index contributed by atoms with van der Waals surface area (Å²) in [4.78, 5) is 11.1. The van der Waals surface area contributed by atoms with Gasteiger partial charge in [-0.3, -0.25) is 0 Å². The van der Waals surface area contributed by atoms with Gasteiger partial charge in [0.1, 0.15) is 12.2 Å². The summed E-state index contributed by atoms with van der Waals surface area (Å²) in [5, 5.41) is 0. The van der Waals surface area contributed by atoms with Crippen molar-refractivity contribution in [3.63, 3.8) is 0 Å². The zero-order valence-corrected chi connectivity index (χ0v) is 10.7. The molecule has 0 unspecified atom stereocenters. The Bertz CT molecular complexity index is 550. The molecule has 0 saturated carbocycles. The summed E-state index contributed by atoms with van der Waals surface area (Å²) >= 11 is 0. The highest BCUT2D eigenvalue weighted by molar-refractivity contribution is 5.97. The fourth-order valence-corrected chi connectivity index (χ4v) is 1.31. The van der Waals surface area contributed by atoms with E-state index in [1.54, 1.807) is 0 Å². The van der Waals surface area contributed by atoms with Gasteiger partial charge in [-0.25, -0.2) is 19.4 Å². The number of aromatic nitrogens is 2. The minimum atomic E-state index is -4.97. The Kier molecular flexibility index (Phi) is 4.95. The Hall–Kier alpha value is -2.25. The first-order chi connectivity index (χ1) is 9.27. The summed E-state index contributed by atoms with van der Waals surface area (Å²) < 4.78 is 55.7. The predicted molar refractivity (Wildman–Crippen MR) is 64.6 cm³/mol. The molecule has 0 aromatic carbocycles. The van der Waals surface area contributed by atoms with Gasteiger partial charge in [0.15, 0.2) is 5.57 Å². The van der Waals surface area contributed by atoms with E-state index < -0.39 is 23.5 Å². The molecule has 0 aliphatic rings. The number of aliphatic imine (C=N–C) groups is 1. The zero-order chi connectivity index (χ0) is 15.3. The molecule has 1 aromatic heterocycles. The van der Waals surface area contributed by atoms with Crippen molar-refractivity contribution < 1.29 is 22.3 Å². The van der Waals surface area contributed by atoms with Gasteiger partial charge in [0.25, 0.3) is 0 Å². The van der Waals surface area contributed by atoms with E-state index in [0.717, 1.165) is 7.11 Å². The zero-order valence-electron chi connectivity index (χ0n) is 10.7. The molecule has 1 aromatic rings. The molecule has 8 heteroatoms. The highest BCUT2D eigenvalue weighted by Crippen LogP contribution is 2.34. The maximum absolute atomic E-state index is 13.0. The van der Waals surface area contributed by atoms with E-state index in [0.29, 0.717) is 5.69 Å². The van der Waals surface area contributed by atoms with Crippen LogP contribution in [0, 0.1) is 0 Å². The van der Waals surface area contributed by atoms with Crippen LogP contribution in [0.2, 0.25) is 0 Å². The number of allylic oxidation sites excluding steroid dienone is 2. The lowest BCUT2D eigenvalue weighted by molar-refractivity contribution is -0.0943. The SMILES string of the molecule is C=C(F)/C(=C(\N=C(C)c1ccncn1)OC)C(F)(F)F.